The van der Waals surface area contributed by atoms with Crippen LogP contribution in [0, 0.1) is 0 Å². The molecule has 1 atom stereocenters. The third-order valence-corrected chi connectivity index (χ3v) is 2.98. The number of para-hydroxylation sites is 1. The molecular formula is C13H20N4O. The molecule has 1 saturated heterocycles. The summed E-state index contributed by atoms with van der Waals surface area (Å²) in [6.07, 6.45) is 2.53. The van der Waals surface area contributed by atoms with Gasteiger partial charge in [0.05, 0.1) is 11.8 Å². The average molecular weight is 248 g/mol. The van der Waals surface area contributed by atoms with Gasteiger partial charge >= 0.3 is 0 Å². The van der Waals surface area contributed by atoms with Gasteiger partial charge < -0.3 is 9.64 Å². The summed E-state index contributed by atoms with van der Waals surface area (Å²) in [6.45, 7) is 1.66. The normalized spacial score (nSPS) is 19.9. The van der Waals surface area contributed by atoms with E-state index in [1.165, 1.54) is 0 Å². The van der Waals surface area contributed by atoms with Gasteiger partial charge in [-0.15, -0.1) is 0 Å². The standard InChI is InChI=1S/C13H20N4O/c1-17(10-12-8-5-9-18-12)13(16-14)15-11-6-3-2-4-7-11/h2-4,6-7,12H,5,8-10,14H2,1H3,(H,15,16). The molecule has 0 aromatic heterocycles. The van der Waals surface area contributed by atoms with E-state index in [2.05, 4.69) is 10.4 Å². The Bertz CT molecular complexity index is 387. The Morgan fingerprint density at radius 2 is 2.28 bits per heavy atom. The first-order valence-corrected chi connectivity index (χ1v) is 6.22. The summed E-state index contributed by atoms with van der Waals surface area (Å²) in [6, 6.07) is 9.75. The van der Waals surface area contributed by atoms with Crippen LogP contribution in [0.1, 0.15) is 12.8 Å². The maximum atomic E-state index is 5.60. The van der Waals surface area contributed by atoms with Crippen molar-refractivity contribution in [2.24, 2.45) is 10.8 Å². The molecule has 1 fully saturated rings. The van der Waals surface area contributed by atoms with Gasteiger partial charge in [-0.25, -0.2) is 10.8 Å². The lowest BCUT2D eigenvalue weighted by Gasteiger charge is -2.23. The van der Waals surface area contributed by atoms with Crippen LogP contribution in [0.3, 0.4) is 0 Å². The molecule has 0 saturated carbocycles. The predicted octanol–water partition coefficient (Wildman–Crippen LogP) is 1.25. The third-order valence-electron chi connectivity index (χ3n) is 2.98. The van der Waals surface area contributed by atoms with E-state index in [1.807, 2.05) is 42.3 Å². The van der Waals surface area contributed by atoms with E-state index in [0.29, 0.717) is 5.96 Å². The molecule has 5 heteroatoms. The van der Waals surface area contributed by atoms with Gasteiger partial charge in [0.1, 0.15) is 0 Å². The first-order valence-electron chi connectivity index (χ1n) is 6.22. The van der Waals surface area contributed by atoms with E-state index in [1.54, 1.807) is 0 Å². The molecule has 1 aromatic carbocycles. The Hall–Kier alpha value is -1.59. The Morgan fingerprint density at radius 3 is 2.89 bits per heavy atom. The van der Waals surface area contributed by atoms with Crippen molar-refractivity contribution in [1.29, 1.82) is 0 Å². The molecule has 18 heavy (non-hydrogen) atoms. The van der Waals surface area contributed by atoms with E-state index < -0.39 is 0 Å². The number of hydrogen-bond donors (Lipinski definition) is 2. The number of benzene rings is 1. The minimum Gasteiger partial charge on any atom is -0.376 e. The van der Waals surface area contributed by atoms with Crippen molar-refractivity contribution in [2.75, 3.05) is 20.2 Å². The average Bonchev–Trinajstić information content (AvgIpc) is 2.90. The molecule has 5 nitrogen and oxygen atoms in total. The Balaban J connectivity index is 2.00. The summed E-state index contributed by atoms with van der Waals surface area (Å²) in [5, 5.41) is 0. The largest absolute Gasteiger partial charge is 0.376 e. The summed E-state index contributed by atoms with van der Waals surface area (Å²) in [4.78, 5) is 6.46. The first-order chi connectivity index (χ1) is 8.79. The number of nitrogens with one attached hydrogen (secondary N) is 1. The van der Waals surface area contributed by atoms with Gasteiger partial charge in [0.15, 0.2) is 0 Å². The number of guanidine groups is 1. The van der Waals surface area contributed by atoms with Gasteiger partial charge in [-0.05, 0) is 25.0 Å². The summed E-state index contributed by atoms with van der Waals surface area (Å²) in [5.41, 5.74) is 3.52. The van der Waals surface area contributed by atoms with Crippen molar-refractivity contribution in [1.82, 2.24) is 10.3 Å². The number of rotatable bonds is 3. The molecule has 1 heterocycles. The van der Waals surface area contributed by atoms with Gasteiger partial charge in [-0.3, -0.25) is 5.43 Å². The molecule has 0 radical (unpaired) electrons. The first kappa shape index (κ1) is 12.9. The number of nitrogens with two attached hydrogens (primary N) is 1. The quantitative estimate of drug-likeness (QED) is 0.366. The lowest BCUT2D eigenvalue weighted by atomic mass is 10.2. The number of aliphatic imine (C=N–C) groups is 1. The van der Waals surface area contributed by atoms with Crippen LogP contribution < -0.4 is 11.3 Å². The molecule has 1 unspecified atom stereocenters. The SMILES string of the molecule is CN(CC1CCCO1)C(=Nc1ccccc1)NN. The molecule has 2 rings (SSSR count). The zero-order valence-corrected chi connectivity index (χ0v) is 10.7. The van der Waals surface area contributed by atoms with Crippen LogP contribution in [-0.4, -0.2) is 37.2 Å². The minimum absolute atomic E-state index is 0.282. The van der Waals surface area contributed by atoms with Gasteiger partial charge in [0.2, 0.25) is 5.96 Å². The summed E-state index contributed by atoms with van der Waals surface area (Å²) in [5.74, 6) is 6.18. The Labute approximate surface area is 108 Å². The highest BCUT2D eigenvalue weighted by Crippen LogP contribution is 2.14. The summed E-state index contributed by atoms with van der Waals surface area (Å²) >= 11 is 0. The molecule has 0 amide bonds. The lowest BCUT2D eigenvalue weighted by molar-refractivity contribution is 0.0952. The van der Waals surface area contributed by atoms with Crippen molar-refractivity contribution in [3.05, 3.63) is 30.3 Å². The van der Waals surface area contributed by atoms with Crippen LogP contribution in [-0.2, 0) is 4.74 Å². The molecule has 1 aliphatic heterocycles. The van der Waals surface area contributed by atoms with Crippen molar-refractivity contribution in [2.45, 2.75) is 18.9 Å². The van der Waals surface area contributed by atoms with Crippen molar-refractivity contribution < 1.29 is 4.74 Å². The van der Waals surface area contributed by atoms with E-state index in [4.69, 9.17) is 10.6 Å². The zero-order valence-electron chi connectivity index (χ0n) is 10.7. The molecule has 1 aromatic rings. The van der Waals surface area contributed by atoms with Crippen molar-refractivity contribution in [3.63, 3.8) is 0 Å². The molecule has 0 spiro atoms. The van der Waals surface area contributed by atoms with E-state index in [9.17, 15) is 0 Å². The zero-order chi connectivity index (χ0) is 12.8. The maximum absolute atomic E-state index is 5.60. The molecule has 1 aliphatic rings. The van der Waals surface area contributed by atoms with Crippen molar-refractivity contribution in [3.8, 4) is 0 Å². The molecular weight excluding hydrogens is 228 g/mol. The van der Waals surface area contributed by atoms with Gasteiger partial charge in [-0.1, -0.05) is 18.2 Å². The molecule has 0 bridgehead atoms. The van der Waals surface area contributed by atoms with Crippen LogP contribution in [0.25, 0.3) is 0 Å². The second kappa shape index (κ2) is 6.37. The second-order valence-corrected chi connectivity index (χ2v) is 4.43. The molecule has 98 valence electrons. The fourth-order valence-electron chi connectivity index (χ4n) is 2.03. The monoisotopic (exact) mass is 248 g/mol. The number of ether oxygens (including phenoxy) is 1. The lowest BCUT2D eigenvalue weighted by Crippen LogP contribution is -2.45. The van der Waals surface area contributed by atoms with Crippen LogP contribution in [0.2, 0.25) is 0 Å². The number of likely N-dealkylation sites (N-methyl/N-ethyl adjacent to an activating group) is 1. The van der Waals surface area contributed by atoms with Crippen molar-refractivity contribution >= 4 is 11.6 Å². The highest BCUT2D eigenvalue weighted by atomic mass is 16.5. The topological polar surface area (TPSA) is 62.9 Å². The van der Waals surface area contributed by atoms with Crippen LogP contribution in [0.15, 0.2) is 35.3 Å². The fraction of sp³-hybridized carbons (Fsp3) is 0.462. The maximum Gasteiger partial charge on any atom is 0.213 e. The Morgan fingerprint density at radius 1 is 1.50 bits per heavy atom. The number of hydrogen-bond acceptors (Lipinski definition) is 3. The van der Waals surface area contributed by atoms with E-state index in [-0.39, 0.29) is 6.10 Å². The smallest absolute Gasteiger partial charge is 0.213 e. The molecule has 0 aliphatic carbocycles. The highest BCUT2D eigenvalue weighted by molar-refractivity contribution is 5.82. The van der Waals surface area contributed by atoms with Crippen LogP contribution in [0.5, 0.6) is 0 Å². The van der Waals surface area contributed by atoms with Gasteiger partial charge in [0, 0.05) is 20.2 Å². The minimum atomic E-state index is 0.282. The predicted molar refractivity (Wildman–Crippen MR) is 72.5 cm³/mol. The van der Waals surface area contributed by atoms with Crippen LogP contribution >= 0.6 is 0 Å². The van der Waals surface area contributed by atoms with E-state index >= 15 is 0 Å². The second-order valence-electron chi connectivity index (χ2n) is 4.43. The fourth-order valence-corrected chi connectivity index (χ4v) is 2.03. The summed E-state index contributed by atoms with van der Waals surface area (Å²) < 4.78 is 5.60. The third kappa shape index (κ3) is 3.45. The molecule has 3 N–H and O–H groups in total. The van der Waals surface area contributed by atoms with Gasteiger partial charge in [-0.2, -0.15) is 0 Å². The number of hydrazine groups is 1. The van der Waals surface area contributed by atoms with E-state index in [0.717, 1.165) is 31.7 Å². The summed E-state index contributed by atoms with van der Waals surface area (Å²) in [7, 11) is 1.96. The highest BCUT2D eigenvalue weighted by Gasteiger charge is 2.18. The van der Waals surface area contributed by atoms with Gasteiger partial charge in [0.25, 0.3) is 0 Å². The number of nitrogens with zero attached hydrogens (tertiary/aromatic N) is 2. The van der Waals surface area contributed by atoms with Crippen LogP contribution in [0.4, 0.5) is 5.69 Å². The Kier molecular flexibility index (Phi) is 4.55.